The summed E-state index contributed by atoms with van der Waals surface area (Å²) in [7, 11) is 1.46. The smallest absolute Gasteiger partial charge is 0.394 e. The summed E-state index contributed by atoms with van der Waals surface area (Å²) >= 11 is 5.72. The van der Waals surface area contributed by atoms with Gasteiger partial charge in [-0.2, -0.15) is 0 Å². The second kappa shape index (κ2) is 5.51. The Kier molecular flexibility index (Phi) is 4.31. The van der Waals surface area contributed by atoms with Crippen molar-refractivity contribution in [2.24, 2.45) is 0 Å². The molecule has 16 heavy (non-hydrogen) atoms. The van der Waals surface area contributed by atoms with Crippen LogP contribution in [0.1, 0.15) is 5.56 Å². The molecule has 5 heteroatoms. The normalized spacial score (nSPS) is 9.88. The molecule has 4 nitrogen and oxygen atoms in total. The Bertz CT molecular complexity index is 389. The van der Waals surface area contributed by atoms with Crippen molar-refractivity contribution < 1.29 is 14.7 Å². The highest BCUT2D eigenvalue weighted by Gasteiger charge is 2.16. The first-order chi connectivity index (χ1) is 7.50. The number of benzene rings is 1. The van der Waals surface area contributed by atoms with E-state index < -0.39 is 11.9 Å². The monoisotopic (exact) mass is 241 g/mol. The number of rotatable bonds is 3. The third-order valence-electron chi connectivity index (χ3n) is 2.18. The van der Waals surface area contributed by atoms with Crippen LogP contribution < -0.4 is 0 Å². The van der Waals surface area contributed by atoms with E-state index in [1.54, 1.807) is 12.1 Å². The summed E-state index contributed by atoms with van der Waals surface area (Å²) < 4.78 is 0. The van der Waals surface area contributed by atoms with Gasteiger partial charge in [0.2, 0.25) is 0 Å². The zero-order valence-electron chi connectivity index (χ0n) is 8.81. The molecule has 1 N–H and O–H groups in total. The molecular weight excluding hydrogens is 230 g/mol. The van der Waals surface area contributed by atoms with Crippen molar-refractivity contribution in [2.45, 2.75) is 6.42 Å². The number of carboxylic acids is 1. The van der Waals surface area contributed by atoms with Gasteiger partial charge in [0.05, 0.1) is 0 Å². The number of nitrogens with zero attached hydrogens (tertiary/aromatic N) is 1. The van der Waals surface area contributed by atoms with Crippen molar-refractivity contribution in [1.82, 2.24) is 4.90 Å². The van der Waals surface area contributed by atoms with Gasteiger partial charge in [-0.05, 0) is 24.1 Å². The van der Waals surface area contributed by atoms with Gasteiger partial charge in [-0.3, -0.25) is 4.79 Å². The molecule has 86 valence electrons. The average Bonchev–Trinajstić information content (AvgIpc) is 2.26. The fourth-order valence-corrected chi connectivity index (χ4v) is 1.34. The molecule has 0 radical (unpaired) electrons. The maximum Gasteiger partial charge on any atom is 0.394 e. The summed E-state index contributed by atoms with van der Waals surface area (Å²) in [6.07, 6.45) is 0.604. The largest absolute Gasteiger partial charge is 0.474 e. The fraction of sp³-hybridized carbons (Fsp3) is 0.273. The highest BCUT2D eigenvalue weighted by molar-refractivity contribution is 6.31. The number of carbonyl (C=O) groups is 2. The minimum atomic E-state index is -1.43. The molecule has 0 saturated carbocycles. The molecule has 0 saturated heterocycles. The van der Waals surface area contributed by atoms with Gasteiger partial charge in [0, 0.05) is 18.6 Å². The Morgan fingerprint density at radius 2 is 1.88 bits per heavy atom. The quantitative estimate of drug-likeness (QED) is 0.815. The molecule has 0 aromatic heterocycles. The molecule has 0 aliphatic carbocycles. The van der Waals surface area contributed by atoms with Crippen LogP contribution in [0.5, 0.6) is 0 Å². The minimum Gasteiger partial charge on any atom is -0.474 e. The van der Waals surface area contributed by atoms with E-state index in [0.717, 1.165) is 5.56 Å². The fourth-order valence-electron chi connectivity index (χ4n) is 1.21. The van der Waals surface area contributed by atoms with Gasteiger partial charge in [-0.15, -0.1) is 0 Å². The predicted octanol–water partition coefficient (Wildman–Crippen LogP) is 1.43. The van der Waals surface area contributed by atoms with Crippen molar-refractivity contribution in [3.63, 3.8) is 0 Å². The molecule has 1 aromatic carbocycles. The van der Waals surface area contributed by atoms with Crippen molar-refractivity contribution in [1.29, 1.82) is 0 Å². The van der Waals surface area contributed by atoms with Crippen LogP contribution in [0.2, 0.25) is 5.02 Å². The van der Waals surface area contributed by atoms with Gasteiger partial charge >= 0.3 is 11.9 Å². The Balaban J connectivity index is 2.48. The molecule has 1 aromatic rings. The standard InChI is InChI=1S/C11H12ClNO3/c1-13(10(14)11(15)16)7-6-8-2-4-9(12)5-3-8/h2-5H,6-7H2,1H3,(H,15,16). The first-order valence-corrected chi connectivity index (χ1v) is 5.11. The maximum absolute atomic E-state index is 11.0. The topological polar surface area (TPSA) is 57.6 Å². The summed E-state index contributed by atoms with van der Waals surface area (Å²) in [5, 5.41) is 9.13. The second-order valence-electron chi connectivity index (χ2n) is 3.41. The number of amides is 1. The molecule has 0 unspecified atom stereocenters. The first-order valence-electron chi connectivity index (χ1n) is 4.73. The van der Waals surface area contributed by atoms with Crippen LogP contribution in [0.25, 0.3) is 0 Å². The van der Waals surface area contributed by atoms with E-state index >= 15 is 0 Å². The lowest BCUT2D eigenvalue weighted by molar-refractivity contribution is -0.155. The Labute approximate surface area is 98.4 Å². The Morgan fingerprint density at radius 1 is 1.31 bits per heavy atom. The van der Waals surface area contributed by atoms with Gasteiger partial charge in [-0.25, -0.2) is 4.79 Å². The maximum atomic E-state index is 11.0. The molecule has 0 aliphatic heterocycles. The van der Waals surface area contributed by atoms with Crippen LogP contribution in [-0.4, -0.2) is 35.5 Å². The number of hydrogen-bond donors (Lipinski definition) is 1. The van der Waals surface area contributed by atoms with Gasteiger partial charge in [0.25, 0.3) is 0 Å². The lowest BCUT2D eigenvalue weighted by Crippen LogP contribution is -2.34. The van der Waals surface area contributed by atoms with E-state index in [4.69, 9.17) is 16.7 Å². The number of carboxylic acid groups (broad SMARTS) is 1. The highest BCUT2D eigenvalue weighted by atomic mass is 35.5. The van der Waals surface area contributed by atoms with Crippen LogP contribution in [0.4, 0.5) is 0 Å². The van der Waals surface area contributed by atoms with Crippen molar-refractivity contribution >= 4 is 23.5 Å². The third-order valence-corrected chi connectivity index (χ3v) is 2.43. The van der Waals surface area contributed by atoms with Gasteiger partial charge in [0.15, 0.2) is 0 Å². The van der Waals surface area contributed by atoms with Gasteiger partial charge < -0.3 is 10.0 Å². The Morgan fingerprint density at radius 3 is 2.38 bits per heavy atom. The molecule has 0 atom stereocenters. The second-order valence-corrected chi connectivity index (χ2v) is 3.84. The van der Waals surface area contributed by atoms with Crippen molar-refractivity contribution in [3.05, 3.63) is 34.9 Å². The number of aliphatic carboxylic acids is 1. The summed E-state index contributed by atoms with van der Waals surface area (Å²) in [6.45, 7) is 0.368. The van der Waals surface area contributed by atoms with Crippen LogP contribution in [0.3, 0.4) is 0 Å². The van der Waals surface area contributed by atoms with Crippen molar-refractivity contribution in [3.8, 4) is 0 Å². The minimum absolute atomic E-state index is 0.368. The van der Waals surface area contributed by atoms with E-state index in [1.807, 2.05) is 12.1 Å². The summed E-state index contributed by atoms with van der Waals surface area (Å²) in [5.74, 6) is -2.33. The summed E-state index contributed by atoms with van der Waals surface area (Å²) in [5.41, 5.74) is 1.01. The molecule has 1 amide bonds. The third kappa shape index (κ3) is 3.55. The lowest BCUT2D eigenvalue weighted by atomic mass is 10.1. The molecule has 0 spiro atoms. The lowest BCUT2D eigenvalue weighted by Gasteiger charge is -2.14. The van der Waals surface area contributed by atoms with Crippen LogP contribution in [0, 0.1) is 0 Å². The molecule has 0 bridgehead atoms. The summed E-state index contributed by atoms with van der Waals surface area (Å²) in [6, 6.07) is 7.22. The Hall–Kier alpha value is -1.55. The van der Waals surface area contributed by atoms with E-state index in [2.05, 4.69) is 0 Å². The first kappa shape index (κ1) is 12.5. The molecule has 0 heterocycles. The van der Waals surface area contributed by atoms with Crippen molar-refractivity contribution in [2.75, 3.05) is 13.6 Å². The molecule has 0 aliphatic rings. The van der Waals surface area contributed by atoms with Gasteiger partial charge in [0.1, 0.15) is 0 Å². The number of hydrogen-bond acceptors (Lipinski definition) is 2. The number of likely N-dealkylation sites (N-methyl/N-ethyl adjacent to an activating group) is 1. The molecule has 0 fully saturated rings. The van der Waals surface area contributed by atoms with E-state index in [1.165, 1.54) is 11.9 Å². The van der Waals surface area contributed by atoms with Crippen LogP contribution >= 0.6 is 11.6 Å². The van der Waals surface area contributed by atoms with E-state index in [-0.39, 0.29) is 0 Å². The van der Waals surface area contributed by atoms with Gasteiger partial charge in [-0.1, -0.05) is 23.7 Å². The number of halogens is 1. The molecule has 1 rings (SSSR count). The van der Waals surface area contributed by atoms with E-state index in [9.17, 15) is 9.59 Å². The summed E-state index contributed by atoms with van der Waals surface area (Å²) in [4.78, 5) is 22.6. The van der Waals surface area contributed by atoms with Crippen LogP contribution in [0.15, 0.2) is 24.3 Å². The highest BCUT2D eigenvalue weighted by Crippen LogP contribution is 2.10. The van der Waals surface area contributed by atoms with E-state index in [0.29, 0.717) is 18.0 Å². The average molecular weight is 242 g/mol. The predicted molar refractivity (Wildman–Crippen MR) is 60.4 cm³/mol. The van der Waals surface area contributed by atoms with Crippen LogP contribution in [-0.2, 0) is 16.0 Å². The number of carbonyl (C=O) groups excluding carboxylic acids is 1. The molecular formula is C11H12ClNO3. The SMILES string of the molecule is CN(CCc1ccc(Cl)cc1)C(=O)C(=O)O. The zero-order valence-corrected chi connectivity index (χ0v) is 9.57. The zero-order chi connectivity index (χ0) is 12.1.